The van der Waals surface area contributed by atoms with Gasteiger partial charge in [-0.1, -0.05) is 25.1 Å². The molecule has 128 valence electrons. The number of para-hydroxylation sites is 1. The predicted molar refractivity (Wildman–Crippen MR) is 98.0 cm³/mol. The molecule has 0 atom stereocenters. The minimum atomic E-state index is -0.236. The highest BCUT2D eigenvalue weighted by molar-refractivity contribution is 5.93. The fourth-order valence-electron chi connectivity index (χ4n) is 2.65. The number of amides is 1. The predicted octanol–water partition coefficient (Wildman–Crippen LogP) is 4.22. The molecular formula is C20H21N3O2. The van der Waals surface area contributed by atoms with Crippen LogP contribution in [0.3, 0.4) is 0 Å². The van der Waals surface area contributed by atoms with Crippen LogP contribution < -0.4 is 10.6 Å². The lowest BCUT2D eigenvalue weighted by molar-refractivity contribution is 0.0943. The second-order valence-electron chi connectivity index (χ2n) is 5.78. The normalized spacial score (nSPS) is 10.5. The van der Waals surface area contributed by atoms with Crippen molar-refractivity contribution >= 4 is 17.3 Å². The Bertz CT molecular complexity index is 857. The largest absolute Gasteiger partial charge is 0.467 e. The molecule has 3 rings (SSSR count). The van der Waals surface area contributed by atoms with Gasteiger partial charge in [0.1, 0.15) is 11.5 Å². The number of nitrogens with one attached hydrogen (secondary N) is 2. The van der Waals surface area contributed by atoms with Crippen molar-refractivity contribution in [1.82, 2.24) is 10.3 Å². The van der Waals surface area contributed by atoms with Crippen molar-refractivity contribution in [3.63, 3.8) is 0 Å². The summed E-state index contributed by atoms with van der Waals surface area (Å²) in [5.74, 6) is 0.468. The Balaban J connectivity index is 1.74. The standard InChI is InChI=1S/C20H21N3O2/c1-3-15-7-4-6-14(2)19(15)23-16-9-10-21-18(12-16)20(24)22-13-17-8-5-11-25-17/h4-12H,3,13H2,1-2H3,(H,21,23)(H,22,24). The molecule has 3 aromatic rings. The van der Waals surface area contributed by atoms with Gasteiger partial charge in [-0.3, -0.25) is 9.78 Å². The smallest absolute Gasteiger partial charge is 0.270 e. The van der Waals surface area contributed by atoms with E-state index in [9.17, 15) is 4.79 Å². The maximum atomic E-state index is 12.3. The molecule has 0 aliphatic rings. The summed E-state index contributed by atoms with van der Waals surface area (Å²) in [6, 6.07) is 13.4. The van der Waals surface area contributed by atoms with Crippen LogP contribution in [-0.4, -0.2) is 10.9 Å². The number of carbonyl (C=O) groups excluding carboxylic acids is 1. The number of benzene rings is 1. The monoisotopic (exact) mass is 335 g/mol. The zero-order chi connectivity index (χ0) is 17.6. The van der Waals surface area contributed by atoms with Crippen LogP contribution in [-0.2, 0) is 13.0 Å². The van der Waals surface area contributed by atoms with Gasteiger partial charge in [-0.25, -0.2) is 0 Å². The summed E-state index contributed by atoms with van der Waals surface area (Å²) in [5, 5.41) is 6.22. The molecule has 2 heterocycles. The van der Waals surface area contributed by atoms with E-state index in [2.05, 4.69) is 47.7 Å². The molecule has 0 saturated heterocycles. The zero-order valence-electron chi connectivity index (χ0n) is 14.4. The maximum absolute atomic E-state index is 12.3. The van der Waals surface area contributed by atoms with E-state index < -0.39 is 0 Å². The Morgan fingerprint density at radius 3 is 2.84 bits per heavy atom. The molecule has 2 N–H and O–H groups in total. The Kier molecular flexibility index (Phi) is 5.14. The number of nitrogens with zero attached hydrogens (tertiary/aromatic N) is 1. The second kappa shape index (κ2) is 7.66. The molecule has 0 bridgehead atoms. The highest BCUT2D eigenvalue weighted by Gasteiger charge is 2.10. The summed E-state index contributed by atoms with van der Waals surface area (Å²) in [6.07, 6.45) is 4.15. The third-order valence-electron chi connectivity index (χ3n) is 4.01. The minimum Gasteiger partial charge on any atom is -0.467 e. The van der Waals surface area contributed by atoms with Gasteiger partial charge in [0.2, 0.25) is 0 Å². The van der Waals surface area contributed by atoms with Crippen LogP contribution in [0.25, 0.3) is 0 Å². The first kappa shape index (κ1) is 16.8. The van der Waals surface area contributed by atoms with Crippen molar-refractivity contribution in [3.8, 4) is 0 Å². The number of aromatic nitrogens is 1. The van der Waals surface area contributed by atoms with Gasteiger partial charge in [-0.15, -0.1) is 0 Å². The van der Waals surface area contributed by atoms with Crippen LogP contribution in [0.1, 0.15) is 34.3 Å². The van der Waals surface area contributed by atoms with Crippen LogP contribution in [0.4, 0.5) is 11.4 Å². The number of furan rings is 1. The number of pyridine rings is 1. The fraction of sp³-hybridized carbons (Fsp3) is 0.200. The summed E-state index contributed by atoms with van der Waals surface area (Å²) >= 11 is 0. The Morgan fingerprint density at radius 1 is 1.20 bits per heavy atom. The SMILES string of the molecule is CCc1cccc(C)c1Nc1ccnc(C(=O)NCc2ccco2)c1. The van der Waals surface area contributed by atoms with Crippen LogP contribution >= 0.6 is 0 Å². The van der Waals surface area contributed by atoms with Gasteiger partial charge < -0.3 is 15.1 Å². The number of carbonyl (C=O) groups is 1. The summed E-state index contributed by atoms with van der Waals surface area (Å²) < 4.78 is 5.21. The average molecular weight is 335 g/mol. The lowest BCUT2D eigenvalue weighted by Gasteiger charge is -2.14. The molecule has 0 unspecified atom stereocenters. The molecule has 0 aliphatic heterocycles. The Morgan fingerprint density at radius 2 is 2.08 bits per heavy atom. The highest BCUT2D eigenvalue weighted by atomic mass is 16.3. The molecule has 5 heteroatoms. The fourth-order valence-corrected chi connectivity index (χ4v) is 2.65. The molecule has 0 fully saturated rings. The van der Waals surface area contributed by atoms with Crippen LogP contribution in [0, 0.1) is 6.92 Å². The molecule has 25 heavy (non-hydrogen) atoms. The summed E-state index contributed by atoms with van der Waals surface area (Å²) in [5.41, 5.74) is 4.68. The molecule has 2 aromatic heterocycles. The van der Waals surface area contributed by atoms with E-state index in [1.54, 1.807) is 24.6 Å². The molecule has 5 nitrogen and oxygen atoms in total. The molecule has 1 amide bonds. The molecule has 0 radical (unpaired) electrons. The van der Waals surface area contributed by atoms with Gasteiger partial charge in [0.25, 0.3) is 5.91 Å². The van der Waals surface area contributed by atoms with E-state index >= 15 is 0 Å². The number of hydrogen-bond donors (Lipinski definition) is 2. The van der Waals surface area contributed by atoms with Crippen molar-refractivity contribution in [3.05, 3.63) is 77.5 Å². The van der Waals surface area contributed by atoms with E-state index in [1.165, 1.54) is 11.1 Å². The summed E-state index contributed by atoms with van der Waals surface area (Å²) in [6.45, 7) is 4.53. The first-order valence-corrected chi connectivity index (χ1v) is 8.29. The molecule has 1 aromatic carbocycles. The number of anilines is 2. The van der Waals surface area contributed by atoms with E-state index in [-0.39, 0.29) is 5.91 Å². The third kappa shape index (κ3) is 4.07. The Labute approximate surface area is 147 Å². The lowest BCUT2D eigenvalue weighted by Crippen LogP contribution is -2.23. The van der Waals surface area contributed by atoms with Crippen molar-refractivity contribution < 1.29 is 9.21 Å². The molecule has 0 saturated carbocycles. The first-order valence-electron chi connectivity index (χ1n) is 8.29. The van der Waals surface area contributed by atoms with Crippen LogP contribution in [0.5, 0.6) is 0 Å². The Hall–Kier alpha value is -3.08. The second-order valence-corrected chi connectivity index (χ2v) is 5.78. The molecular weight excluding hydrogens is 314 g/mol. The maximum Gasteiger partial charge on any atom is 0.270 e. The summed E-state index contributed by atoms with van der Waals surface area (Å²) in [4.78, 5) is 16.5. The van der Waals surface area contributed by atoms with E-state index in [0.717, 1.165) is 17.8 Å². The lowest BCUT2D eigenvalue weighted by atomic mass is 10.1. The van der Waals surface area contributed by atoms with Gasteiger partial charge in [0.15, 0.2) is 0 Å². The van der Waals surface area contributed by atoms with E-state index in [4.69, 9.17) is 4.42 Å². The number of rotatable bonds is 6. The van der Waals surface area contributed by atoms with Crippen LogP contribution in [0.15, 0.2) is 59.3 Å². The van der Waals surface area contributed by atoms with Gasteiger partial charge >= 0.3 is 0 Å². The first-order chi connectivity index (χ1) is 12.2. The minimum absolute atomic E-state index is 0.236. The van der Waals surface area contributed by atoms with Gasteiger partial charge in [0, 0.05) is 17.6 Å². The highest BCUT2D eigenvalue weighted by Crippen LogP contribution is 2.25. The van der Waals surface area contributed by atoms with Crippen molar-refractivity contribution in [1.29, 1.82) is 0 Å². The topological polar surface area (TPSA) is 67.2 Å². The molecule has 0 aliphatic carbocycles. The average Bonchev–Trinajstić information content (AvgIpc) is 3.15. The van der Waals surface area contributed by atoms with Crippen molar-refractivity contribution in [2.45, 2.75) is 26.8 Å². The van der Waals surface area contributed by atoms with Gasteiger partial charge in [0.05, 0.1) is 12.8 Å². The van der Waals surface area contributed by atoms with E-state index in [1.807, 2.05) is 12.1 Å². The van der Waals surface area contributed by atoms with E-state index in [0.29, 0.717) is 18.0 Å². The third-order valence-corrected chi connectivity index (χ3v) is 4.01. The molecule has 0 spiro atoms. The van der Waals surface area contributed by atoms with Crippen LogP contribution in [0.2, 0.25) is 0 Å². The van der Waals surface area contributed by atoms with Gasteiger partial charge in [-0.2, -0.15) is 0 Å². The quantitative estimate of drug-likeness (QED) is 0.708. The summed E-state index contributed by atoms with van der Waals surface area (Å²) in [7, 11) is 0. The van der Waals surface area contributed by atoms with Crippen molar-refractivity contribution in [2.75, 3.05) is 5.32 Å². The zero-order valence-corrected chi connectivity index (χ0v) is 14.4. The number of aryl methyl sites for hydroxylation is 2. The van der Waals surface area contributed by atoms with Gasteiger partial charge in [-0.05, 0) is 48.7 Å². The number of hydrogen-bond acceptors (Lipinski definition) is 4. The van der Waals surface area contributed by atoms with Crippen molar-refractivity contribution in [2.24, 2.45) is 0 Å².